The van der Waals surface area contributed by atoms with Crippen molar-refractivity contribution in [2.24, 2.45) is 5.10 Å². The summed E-state index contributed by atoms with van der Waals surface area (Å²) in [5.74, 6) is 0.862. The Hall–Kier alpha value is -4.78. The summed E-state index contributed by atoms with van der Waals surface area (Å²) >= 11 is 0. The molecule has 1 amide bonds. The highest BCUT2D eigenvalue weighted by molar-refractivity contribution is 5.94. The molecule has 13 heteroatoms. The van der Waals surface area contributed by atoms with Gasteiger partial charge in [-0.1, -0.05) is 41.5 Å². The zero-order chi connectivity index (χ0) is 27.9. The predicted octanol–water partition coefficient (Wildman–Crippen LogP) is 2.88. The lowest BCUT2D eigenvalue weighted by atomic mass is 10.1. The van der Waals surface area contributed by atoms with Gasteiger partial charge in [-0.2, -0.15) is 9.78 Å². The molecule has 5 rings (SSSR count). The molecule has 1 aliphatic rings. The molecule has 1 fully saturated rings. The van der Waals surface area contributed by atoms with E-state index in [1.807, 2.05) is 37.3 Å². The van der Waals surface area contributed by atoms with Crippen molar-refractivity contribution >= 4 is 17.9 Å². The first-order chi connectivity index (χ1) is 19.5. The second-order valence-corrected chi connectivity index (χ2v) is 9.49. The Morgan fingerprint density at radius 2 is 1.93 bits per heavy atom. The van der Waals surface area contributed by atoms with Gasteiger partial charge in [0.15, 0.2) is 17.2 Å². The van der Waals surface area contributed by atoms with Crippen molar-refractivity contribution < 1.29 is 18.9 Å². The number of nitrogen functional groups attached to an aromatic ring is 1. The Morgan fingerprint density at radius 1 is 1.12 bits per heavy atom. The number of ether oxygens (including phenoxy) is 2. The number of carbonyl (C=O) groups excluding carboxylic acids is 1. The minimum Gasteiger partial charge on any atom is -0.493 e. The Labute approximate surface area is 230 Å². The maximum atomic E-state index is 13.1. The molecule has 1 aliphatic heterocycles. The molecule has 0 bridgehead atoms. The topological polar surface area (TPSA) is 159 Å². The number of nitrogens with two attached hydrogens (primary N) is 1. The Morgan fingerprint density at radius 3 is 2.65 bits per heavy atom. The Kier molecular flexibility index (Phi) is 8.30. The maximum absolute atomic E-state index is 13.1. The van der Waals surface area contributed by atoms with Crippen LogP contribution in [0, 0.1) is 6.92 Å². The van der Waals surface area contributed by atoms with Crippen LogP contribution >= 0.6 is 0 Å². The predicted molar refractivity (Wildman–Crippen MR) is 146 cm³/mol. The van der Waals surface area contributed by atoms with Crippen LogP contribution in [0.15, 0.2) is 52.2 Å². The third-order valence-electron chi connectivity index (χ3n) is 6.58. The monoisotopic (exact) mass is 545 g/mol. The fourth-order valence-electron chi connectivity index (χ4n) is 4.40. The molecule has 0 aliphatic carbocycles. The average molecular weight is 546 g/mol. The third kappa shape index (κ3) is 6.26. The molecule has 2 aromatic carbocycles. The van der Waals surface area contributed by atoms with Crippen LogP contribution in [-0.2, 0) is 13.2 Å². The molecule has 0 saturated carbocycles. The first kappa shape index (κ1) is 26.8. The number of nitrogens with zero attached hydrogens (tertiary/aromatic N) is 7. The number of amides is 1. The number of likely N-dealkylation sites (tertiary alicyclic amines) is 1. The van der Waals surface area contributed by atoms with Crippen molar-refractivity contribution in [3.63, 3.8) is 0 Å². The van der Waals surface area contributed by atoms with E-state index < -0.39 is 5.91 Å². The van der Waals surface area contributed by atoms with Crippen LogP contribution in [0.2, 0.25) is 0 Å². The van der Waals surface area contributed by atoms with E-state index >= 15 is 0 Å². The number of piperidine rings is 1. The molecule has 0 spiro atoms. The summed E-state index contributed by atoms with van der Waals surface area (Å²) in [4.78, 5) is 15.3. The maximum Gasteiger partial charge on any atom is 0.293 e. The molecule has 13 nitrogen and oxygen atoms in total. The number of benzene rings is 2. The number of methoxy groups -OCH3 is 1. The lowest BCUT2D eigenvalue weighted by Gasteiger charge is -2.26. The summed E-state index contributed by atoms with van der Waals surface area (Å²) in [6.45, 7) is 4.71. The minimum atomic E-state index is -0.519. The van der Waals surface area contributed by atoms with E-state index in [2.05, 4.69) is 36.1 Å². The van der Waals surface area contributed by atoms with Gasteiger partial charge in [-0.05, 0) is 72.5 Å². The van der Waals surface area contributed by atoms with Gasteiger partial charge >= 0.3 is 0 Å². The van der Waals surface area contributed by atoms with E-state index in [0.717, 1.165) is 31.5 Å². The van der Waals surface area contributed by atoms with Gasteiger partial charge in [0.05, 0.1) is 19.0 Å². The van der Waals surface area contributed by atoms with Crippen molar-refractivity contribution in [1.29, 1.82) is 0 Å². The van der Waals surface area contributed by atoms with E-state index in [-0.39, 0.29) is 17.3 Å². The number of anilines is 1. The van der Waals surface area contributed by atoms with E-state index in [0.29, 0.717) is 35.9 Å². The average Bonchev–Trinajstić information content (AvgIpc) is 3.59. The molecule has 1 saturated heterocycles. The highest BCUT2D eigenvalue weighted by Gasteiger charge is 2.26. The third-order valence-corrected chi connectivity index (χ3v) is 6.58. The van der Waals surface area contributed by atoms with Crippen molar-refractivity contribution in [3.05, 3.63) is 70.5 Å². The highest BCUT2D eigenvalue weighted by atomic mass is 16.6. The summed E-state index contributed by atoms with van der Waals surface area (Å²) in [6.07, 6.45) is 4.86. The van der Waals surface area contributed by atoms with Crippen molar-refractivity contribution in [3.8, 4) is 17.3 Å². The quantitative estimate of drug-likeness (QED) is 0.224. The smallest absolute Gasteiger partial charge is 0.293 e. The van der Waals surface area contributed by atoms with E-state index in [9.17, 15) is 4.79 Å². The number of hydrogen-bond acceptors (Lipinski definition) is 11. The van der Waals surface area contributed by atoms with E-state index in [4.69, 9.17) is 19.8 Å². The van der Waals surface area contributed by atoms with Crippen molar-refractivity contribution in [2.45, 2.75) is 39.3 Å². The van der Waals surface area contributed by atoms with Crippen LogP contribution < -0.4 is 20.6 Å². The number of rotatable bonds is 10. The second kappa shape index (κ2) is 12.4. The number of aromatic nitrogens is 5. The molecule has 4 aromatic rings. The number of aryl methyl sites for hydroxylation is 1. The van der Waals surface area contributed by atoms with Gasteiger partial charge in [0.25, 0.3) is 5.91 Å². The van der Waals surface area contributed by atoms with Crippen LogP contribution in [0.5, 0.6) is 11.5 Å². The van der Waals surface area contributed by atoms with Crippen LogP contribution in [0.3, 0.4) is 0 Å². The van der Waals surface area contributed by atoms with Gasteiger partial charge in [-0.25, -0.2) is 10.1 Å². The molecular formula is C27H31N9O4. The number of hydrazone groups is 1. The normalized spacial score (nSPS) is 13.9. The summed E-state index contributed by atoms with van der Waals surface area (Å²) in [6, 6.07) is 13.5. The van der Waals surface area contributed by atoms with Crippen LogP contribution in [-0.4, -0.2) is 62.5 Å². The van der Waals surface area contributed by atoms with Crippen molar-refractivity contribution in [1.82, 2.24) is 35.6 Å². The van der Waals surface area contributed by atoms with Gasteiger partial charge in [-0.3, -0.25) is 9.69 Å². The minimum absolute atomic E-state index is 0.0509. The molecule has 0 radical (unpaired) electrons. The second-order valence-electron chi connectivity index (χ2n) is 9.49. The molecule has 0 atom stereocenters. The largest absolute Gasteiger partial charge is 0.493 e. The molecule has 3 N–H and O–H groups in total. The summed E-state index contributed by atoms with van der Waals surface area (Å²) < 4.78 is 17.6. The summed E-state index contributed by atoms with van der Waals surface area (Å²) in [7, 11) is 1.57. The van der Waals surface area contributed by atoms with Gasteiger partial charge in [0.1, 0.15) is 6.61 Å². The molecule has 208 valence electrons. The molecular weight excluding hydrogens is 514 g/mol. The first-order valence-electron chi connectivity index (χ1n) is 13.0. The van der Waals surface area contributed by atoms with E-state index in [1.54, 1.807) is 19.2 Å². The SMILES string of the molecule is COc1cc(C=NNC(=O)c2nnn(-c3nonc3N)c2CN2CCCCC2)ccc1OCc1ccc(C)cc1. The lowest BCUT2D eigenvalue weighted by Crippen LogP contribution is -2.31. The van der Waals surface area contributed by atoms with Crippen molar-refractivity contribution in [2.75, 3.05) is 25.9 Å². The molecule has 0 unspecified atom stereocenters. The number of hydrogen-bond donors (Lipinski definition) is 2. The van der Waals surface area contributed by atoms with Crippen LogP contribution in [0.1, 0.15) is 52.1 Å². The molecule has 2 aromatic heterocycles. The number of carbonyl (C=O) groups is 1. The highest BCUT2D eigenvalue weighted by Crippen LogP contribution is 2.28. The van der Waals surface area contributed by atoms with Gasteiger partial charge in [0, 0.05) is 6.54 Å². The summed E-state index contributed by atoms with van der Waals surface area (Å²) in [5.41, 5.74) is 12.0. The lowest BCUT2D eigenvalue weighted by molar-refractivity contribution is 0.0947. The first-order valence-corrected chi connectivity index (χ1v) is 13.0. The standard InChI is InChI=1S/C27H31N9O4/c1-18-6-8-19(9-7-18)17-39-22-11-10-20(14-23(22)38-2)15-29-31-27(37)24-21(16-35-12-4-3-5-13-35)36(34-30-24)26-25(28)32-40-33-26/h6-11,14-15H,3-5,12-13,16-17H2,1-2H3,(H2,28,32)(H,31,37). The zero-order valence-corrected chi connectivity index (χ0v) is 22.4. The fourth-order valence-corrected chi connectivity index (χ4v) is 4.40. The van der Waals surface area contributed by atoms with Crippen LogP contribution in [0.4, 0.5) is 5.82 Å². The van der Waals surface area contributed by atoms with E-state index in [1.165, 1.54) is 22.9 Å². The van der Waals surface area contributed by atoms with Crippen LogP contribution in [0.25, 0.3) is 5.82 Å². The van der Waals surface area contributed by atoms with Gasteiger partial charge < -0.3 is 15.2 Å². The van der Waals surface area contributed by atoms with Gasteiger partial charge in [-0.15, -0.1) is 5.10 Å². The zero-order valence-electron chi connectivity index (χ0n) is 22.4. The summed E-state index contributed by atoms with van der Waals surface area (Å²) in [5, 5.41) is 19.7. The number of nitrogens with one attached hydrogen (secondary N) is 1. The Bertz CT molecular complexity index is 1470. The molecule has 40 heavy (non-hydrogen) atoms. The Balaban J connectivity index is 1.28. The molecule has 3 heterocycles. The fraction of sp³-hybridized carbons (Fsp3) is 0.333. The van der Waals surface area contributed by atoms with Gasteiger partial charge in [0.2, 0.25) is 11.6 Å².